The zero-order chi connectivity index (χ0) is 20.8. The molecule has 0 atom stereocenters. The molecule has 0 spiro atoms. The minimum atomic E-state index is -0.377. The topological polar surface area (TPSA) is 71.5 Å². The standard InChI is InChI=1S/C21H22ClN3O3S/c1-3-10-28-21(27)25-8-6-15(7-9-25)20-24-18(13-29-20)19(26)23-12-16-4-5-17(22)11-14(16)2/h1,4-5,11,13,15H,6-10,12H2,2H3,(H,23,26). The number of aryl methyl sites for hydroxylation is 1. The molecule has 1 aromatic heterocycles. The van der Waals surface area contributed by atoms with Crippen molar-refractivity contribution < 1.29 is 14.3 Å². The Morgan fingerprint density at radius 2 is 2.17 bits per heavy atom. The Morgan fingerprint density at radius 3 is 2.86 bits per heavy atom. The summed E-state index contributed by atoms with van der Waals surface area (Å²) in [4.78, 5) is 30.5. The number of likely N-dealkylation sites (tertiary alicyclic amines) is 1. The van der Waals surface area contributed by atoms with Crippen LogP contribution in [0.5, 0.6) is 0 Å². The molecule has 1 saturated heterocycles. The third-order valence-electron chi connectivity index (χ3n) is 4.88. The van der Waals surface area contributed by atoms with Crippen LogP contribution in [0.1, 0.15) is 45.4 Å². The second kappa shape index (κ2) is 9.77. The first-order chi connectivity index (χ1) is 14.0. The molecule has 0 bridgehead atoms. The number of benzene rings is 1. The van der Waals surface area contributed by atoms with Crippen LogP contribution in [0.2, 0.25) is 5.02 Å². The largest absolute Gasteiger partial charge is 0.436 e. The lowest BCUT2D eigenvalue weighted by Gasteiger charge is -2.30. The van der Waals surface area contributed by atoms with Gasteiger partial charge in [-0.2, -0.15) is 0 Å². The van der Waals surface area contributed by atoms with Crippen LogP contribution in [-0.4, -0.2) is 41.6 Å². The number of ether oxygens (including phenoxy) is 1. The van der Waals surface area contributed by atoms with Crippen LogP contribution in [0.4, 0.5) is 4.79 Å². The number of carbonyl (C=O) groups excluding carboxylic acids is 2. The Balaban J connectivity index is 1.52. The van der Waals surface area contributed by atoms with Crippen molar-refractivity contribution in [2.75, 3.05) is 19.7 Å². The average Bonchev–Trinajstić information content (AvgIpc) is 3.21. The van der Waals surface area contributed by atoms with E-state index in [0.717, 1.165) is 29.0 Å². The molecule has 6 nitrogen and oxygen atoms in total. The highest BCUT2D eigenvalue weighted by Crippen LogP contribution is 2.30. The van der Waals surface area contributed by atoms with Gasteiger partial charge in [-0.3, -0.25) is 4.79 Å². The van der Waals surface area contributed by atoms with E-state index in [9.17, 15) is 9.59 Å². The summed E-state index contributed by atoms with van der Waals surface area (Å²) in [6, 6.07) is 5.59. The molecule has 3 rings (SSSR count). The van der Waals surface area contributed by atoms with Crippen molar-refractivity contribution in [3.63, 3.8) is 0 Å². The number of thiazole rings is 1. The number of terminal acetylenes is 1. The number of halogens is 1. The first-order valence-corrected chi connectivity index (χ1v) is 10.6. The fourth-order valence-corrected chi connectivity index (χ4v) is 4.40. The number of rotatable bonds is 5. The first kappa shape index (κ1) is 21.2. The number of amides is 2. The summed E-state index contributed by atoms with van der Waals surface area (Å²) in [6.07, 6.45) is 6.29. The molecule has 0 unspecified atom stereocenters. The Kier molecular flexibility index (Phi) is 7.13. The van der Waals surface area contributed by atoms with E-state index in [0.29, 0.717) is 30.4 Å². The van der Waals surface area contributed by atoms with Crippen molar-refractivity contribution in [2.45, 2.75) is 32.2 Å². The SMILES string of the molecule is C#CCOC(=O)N1CCC(c2nc(C(=O)NCc3ccc(Cl)cc3C)cs2)CC1. The zero-order valence-electron chi connectivity index (χ0n) is 16.1. The van der Waals surface area contributed by atoms with Crippen LogP contribution in [0.25, 0.3) is 0 Å². The summed E-state index contributed by atoms with van der Waals surface area (Å²) in [5.74, 6) is 2.33. The molecule has 8 heteroatoms. The van der Waals surface area contributed by atoms with Gasteiger partial charge >= 0.3 is 6.09 Å². The molecule has 2 aromatic rings. The molecule has 0 radical (unpaired) electrons. The van der Waals surface area contributed by atoms with Gasteiger partial charge in [-0.05, 0) is 43.0 Å². The Bertz CT molecular complexity index is 929. The van der Waals surface area contributed by atoms with E-state index in [1.807, 2.05) is 25.1 Å². The van der Waals surface area contributed by atoms with Gasteiger partial charge < -0.3 is 15.0 Å². The Labute approximate surface area is 179 Å². The number of carbonyl (C=O) groups is 2. The minimum absolute atomic E-state index is 0.0146. The maximum atomic E-state index is 12.5. The van der Waals surface area contributed by atoms with Crippen LogP contribution in [0.15, 0.2) is 23.6 Å². The van der Waals surface area contributed by atoms with Gasteiger partial charge in [0.25, 0.3) is 5.91 Å². The second-order valence-electron chi connectivity index (χ2n) is 6.84. The molecule has 29 heavy (non-hydrogen) atoms. The lowest BCUT2D eigenvalue weighted by Crippen LogP contribution is -2.38. The Hall–Kier alpha value is -2.56. The van der Waals surface area contributed by atoms with Gasteiger partial charge in [-0.25, -0.2) is 9.78 Å². The summed E-state index contributed by atoms with van der Waals surface area (Å²) in [7, 11) is 0. The lowest BCUT2D eigenvalue weighted by molar-refractivity contribution is 0.0946. The molecule has 1 aliphatic rings. The molecule has 1 fully saturated rings. The average molecular weight is 432 g/mol. The summed E-state index contributed by atoms with van der Waals surface area (Å²) in [5, 5.41) is 6.30. The van der Waals surface area contributed by atoms with Crippen LogP contribution >= 0.6 is 22.9 Å². The summed E-state index contributed by atoms with van der Waals surface area (Å²) >= 11 is 7.45. The number of aromatic nitrogens is 1. The van der Waals surface area contributed by atoms with Gasteiger partial charge in [0.05, 0.1) is 5.01 Å². The number of nitrogens with one attached hydrogen (secondary N) is 1. The van der Waals surface area contributed by atoms with E-state index in [1.54, 1.807) is 10.3 Å². The number of hydrogen-bond acceptors (Lipinski definition) is 5. The predicted octanol–water partition coefficient (Wildman–Crippen LogP) is 3.98. The third-order valence-corrected chi connectivity index (χ3v) is 6.12. The van der Waals surface area contributed by atoms with Crippen LogP contribution < -0.4 is 5.32 Å². The molecular weight excluding hydrogens is 410 g/mol. The van der Waals surface area contributed by atoms with Gasteiger partial charge in [-0.15, -0.1) is 17.8 Å². The van der Waals surface area contributed by atoms with Crippen LogP contribution in [-0.2, 0) is 11.3 Å². The maximum absolute atomic E-state index is 12.5. The van der Waals surface area contributed by atoms with Gasteiger partial charge in [0, 0.05) is 36.0 Å². The van der Waals surface area contributed by atoms with E-state index in [4.69, 9.17) is 22.8 Å². The number of piperidine rings is 1. The van der Waals surface area contributed by atoms with Gasteiger partial charge in [0.15, 0.2) is 6.61 Å². The molecule has 0 aliphatic carbocycles. The van der Waals surface area contributed by atoms with Crippen molar-refractivity contribution in [3.8, 4) is 12.3 Å². The fraction of sp³-hybridized carbons (Fsp3) is 0.381. The molecule has 1 aromatic carbocycles. The van der Waals surface area contributed by atoms with Crippen molar-refractivity contribution in [2.24, 2.45) is 0 Å². The quantitative estimate of drug-likeness (QED) is 0.727. The van der Waals surface area contributed by atoms with Gasteiger partial charge in [-0.1, -0.05) is 23.6 Å². The molecule has 0 saturated carbocycles. The molecule has 2 heterocycles. The van der Waals surface area contributed by atoms with E-state index >= 15 is 0 Å². The summed E-state index contributed by atoms with van der Waals surface area (Å²) < 4.78 is 4.96. The highest BCUT2D eigenvalue weighted by atomic mass is 35.5. The van der Waals surface area contributed by atoms with Gasteiger partial charge in [0.2, 0.25) is 0 Å². The van der Waals surface area contributed by atoms with Crippen LogP contribution in [0.3, 0.4) is 0 Å². The monoisotopic (exact) mass is 431 g/mol. The van der Waals surface area contributed by atoms with Crippen LogP contribution in [0, 0.1) is 19.3 Å². The second-order valence-corrected chi connectivity index (χ2v) is 8.17. The predicted molar refractivity (Wildman–Crippen MR) is 113 cm³/mol. The summed E-state index contributed by atoms with van der Waals surface area (Å²) in [5.41, 5.74) is 2.47. The number of nitrogens with zero attached hydrogens (tertiary/aromatic N) is 2. The lowest BCUT2D eigenvalue weighted by atomic mass is 9.98. The maximum Gasteiger partial charge on any atom is 0.410 e. The Morgan fingerprint density at radius 1 is 1.41 bits per heavy atom. The first-order valence-electron chi connectivity index (χ1n) is 9.31. The van der Waals surface area contributed by atoms with E-state index in [1.165, 1.54) is 11.3 Å². The smallest absolute Gasteiger partial charge is 0.410 e. The van der Waals surface area contributed by atoms with Crippen molar-refractivity contribution >= 4 is 34.9 Å². The molecular formula is C21H22ClN3O3S. The van der Waals surface area contributed by atoms with Crippen molar-refractivity contribution in [1.82, 2.24) is 15.2 Å². The van der Waals surface area contributed by atoms with E-state index < -0.39 is 0 Å². The van der Waals surface area contributed by atoms with Crippen molar-refractivity contribution in [1.29, 1.82) is 0 Å². The van der Waals surface area contributed by atoms with Crippen molar-refractivity contribution in [3.05, 3.63) is 50.4 Å². The molecule has 1 N–H and O–H groups in total. The third kappa shape index (κ3) is 5.49. The molecule has 2 amide bonds. The highest BCUT2D eigenvalue weighted by Gasteiger charge is 2.27. The van der Waals surface area contributed by atoms with Gasteiger partial charge in [0.1, 0.15) is 5.69 Å². The highest BCUT2D eigenvalue weighted by molar-refractivity contribution is 7.09. The fourth-order valence-electron chi connectivity index (χ4n) is 3.21. The molecule has 1 aliphatic heterocycles. The normalized spacial score (nSPS) is 14.3. The molecule has 152 valence electrons. The zero-order valence-corrected chi connectivity index (χ0v) is 17.7. The number of hydrogen-bond donors (Lipinski definition) is 1. The van der Waals surface area contributed by atoms with E-state index in [-0.39, 0.29) is 24.5 Å². The minimum Gasteiger partial charge on any atom is -0.436 e. The van der Waals surface area contributed by atoms with E-state index in [2.05, 4.69) is 16.2 Å². The summed E-state index contributed by atoms with van der Waals surface area (Å²) in [6.45, 7) is 3.55.